The highest BCUT2D eigenvalue weighted by atomic mass is 16.1. The van der Waals surface area contributed by atoms with Gasteiger partial charge in [-0.1, -0.05) is 12.1 Å². The Kier molecular flexibility index (Phi) is 4.84. The monoisotopic (exact) mass is 273 g/mol. The molecule has 0 saturated carbocycles. The van der Waals surface area contributed by atoms with Crippen LogP contribution in [-0.4, -0.2) is 26.7 Å². The van der Waals surface area contributed by atoms with Crippen LogP contribution in [0.1, 0.15) is 25.3 Å². The second-order valence-electron chi connectivity index (χ2n) is 4.86. The lowest BCUT2D eigenvalue weighted by Crippen LogP contribution is -2.19. The lowest BCUT2D eigenvalue weighted by Gasteiger charge is -2.08. The molecule has 2 aromatic rings. The molecule has 6 nitrogen and oxygen atoms in total. The Morgan fingerprint density at radius 2 is 2.35 bits per heavy atom. The maximum absolute atomic E-state index is 11.8. The van der Waals surface area contributed by atoms with E-state index in [1.807, 2.05) is 31.2 Å². The second kappa shape index (κ2) is 6.81. The van der Waals surface area contributed by atoms with Crippen molar-refractivity contribution in [3.05, 3.63) is 42.5 Å². The lowest BCUT2D eigenvalue weighted by molar-refractivity contribution is -0.116. The number of hydrogen-bond acceptors (Lipinski definition) is 4. The first-order valence-corrected chi connectivity index (χ1v) is 6.60. The van der Waals surface area contributed by atoms with Gasteiger partial charge in [-0.05, 0) is 31.0 Å². The van der Waals surface area contributed by atoms with Crippen LogP contribution < -0.4 is 11.1 Å². The Hall–Kier alpha value is -2.21. The minimum atomic E-state index is -0.0137. The first-order valence-electron chi connectivity index (χ1n) is 6.60. The van der Waals surface area contributed by atoms with E-state index in [9.17, 15) is 4.79 Å². The molecule has 1 heterocycles. The van der Waals surface area contributed by atoms with Crippen molar-refractivity contribution in [2.24, 2.45) is 5.73 Å². The predicted molar refractivity (Wildman–Crippen MR) is 77.1 cm³/mol. The highest BCUT2D eigenvalue weighted by Crippen LogP contribution is 2.12. The van der Waals surface area contributed by atoms with E-state index in [-0.39, 0.29) is 11.9 Å². The van der Waals surface area contributed by atoms with E-state index in [1.54, 1.807) is 11.0 Å². The number of anilines is 1. The zero-order chi connectivity index (χ0) is 14.4. The van der Waals surface area contributed by atoms with E-state index in [1.165, 1.54) is 6.33 Å². The fourth-order valence-corrected chi connectivity index (χ4v) is 1.83. The van der Waals surface area contributed by atoms with E-state index in [0.717, 1.165) is 11.3 Å². The number of aromatic nitrogens is 3. The summed E-state index contributed by atoms with van der Waals surface area (Å²) in [6.07, 6.45) is 4.28. The van der Waals surface area contributed by atoms with Crippen LogP contribution in [0.25, 0.3) is 0 Å². The largest absolute Gasteiger partial charge is 0.328 e. The van der Waals surface area contributed by atoms with Gasteiger partial charge < -0.3 is 11.1 Å². The van der Waals surface area contributed by atoms with Crippen LogP contribution in [0.4, 0.5) is 5.69 Å². The molecule has 0 aliphatic rings. The Bertz CT molecular complexity index is 550. The highest BCUT2D eigenvalue weighted by molar-refractivity contribution is 5.90. The molecule has 0 aliphatic heterocycles. The first kappa shape index (κ1) is 14.2. The van der Waals surface area contributed by atoms with Crippen molar-refractivity contribution in [1.29, 1.82) is 0 Å². The molecule has 2 rings (SSSR count). The summed E-state index contributed by atoms with van der Waals surface area (Å²) in [6.45, 7) is 2.52. The molecule has 0 spiro atoms. The molecule has 3 N–H and O–H groups in total. The second-order valence-corrected chi connectivity index (χ2v) is 4.86. The lowest BCUT2D eigenvalue weighted by atomic mass is 10.1. The maximum Gasteiger partial charge on any atom is 0.224 e. The van der Waals surface area contributed by atoms with Crippen LogP contribution >= 0.6 is 0 Å². The van der Waals surface area contributed by atoms with Gasteiger partial charge in [-0.25, -0.2) is 9.67 Å². The van der Waals surface area contributed by atoms with Crippen LogP contribution in [0, 0.1) is 0 Å². The topological polar surface area (TPSA) is 85.8 Å². The number of hydrogen-bond donors (Lipinski definition) is 2. The summed E-state index contributed by atoms with van der Waals surface area (Å²) < 4.78 is 1.73. The summed E-state index contributed by atoms with van der Waals surface area (Å²) >= 11 is 0. The molecule has 0 saturated heterocycles. The molecular weight excluding hydrogens is 254 g/mol. The fourth-order valence-electron chi connectivity index (χ4n) is 1.83. The average Bonchev–Trinajstić information content (AvgIpc) is 2.89. The van der Waals surface area contributed by atoms with Gasteiger partial charge in [0.05, 0.1) is 6.54 Å². The van der Waals surface area contributed by atoms with Crippen molar-refractivity contribution in [3.63, 3.8) is 0 Å². The van der Waals surface area contributed by atoms with Gasteiger partial charge in [0.1, 0.15) is 12.7 Å². The summed E-state index contributed by atoms with van der Waals surface area (Å²) in [6, 6.07) is 7.74. The number of benzene rings is 1. The normalized spacial score (nSPS) is 12.1. The van der Waals surface area contributed by atoms with Crippen LogP contribution in [0.2, 0.25) is 0 Å². The molecular formula is C14H19N5O. The standard InChI is InChI=1S/C14H19N5O/c1-11(15)5-6-14(20)18-13-4-2-3-12(7-13)8-19-10-16-9-17-19/h2-4,7,9-11H,5-6,8,15H2,1H3,(H,18,20). The van der Waals surface area contributed by atoms with Gasteiger partial charge in [-0.3, -0.25) is 4.79 Å². The van der Waals surface area contributed by atoms with Gasteiger partial charge in [0.2, 0.25) is 5.91 Å². The number of nitrogens with two attached hydrogens (primary N) is 1. The average molecular weight is 273 g/mol. The molecule has 6 heteroatoms. The zero-order valence-electron chi connectivity index (χ0n) is 11.5. The molecule has 0 fully saturated rings. The number of carbonyl (C=O) groups is 1. The maximum atomic E-state index is 11.8. The first-order chi connectivity index (χ1) is 9.63. The molecule has 1 aromatic carbocycles. The van der Waals surface area contributed by atoms with Gasteiger partial charge in [0.25, 0.3) is 0 Å². The summed E-state index contributed by atoms with van der Waals surface area (Å²) in [5.41, 5.74) is 7.48. The van der Waals surface area contributed by atoms with Crippen molar-refractivity contribution in [1.82, 2.24) is 14.8 Å². The van der Waals surface area contributed by atoms with E-state index in [2.05, 4.69) is 15.4 Å². The molecule has 0 aliphatic carbocycles. The number of carbonyl (C=O) groups excluding carboxylic acids is 1. The van der Waals surface area contributed by atoms with Gasteiger partial charge in [0, 0.05) is 18.2 Å². The number of nitrogens with one attached hydrogen (secondary N) is 1. The molecule has 20 heavy (non-hydrogen) atoms. The van der Waals surface area contributed by atoms with E-state index < -0.39 is 0 Å². The van der Waals surface area contributed by atoms with Crippen LogP contribution in [0.5, 0.6) is 0 Å². The molecule has 1 unspecified atom stereocenters. The summed E-state index contributed by atoms with van der Waals surface area (Å²) in [5.74, 6) is -0.0137. The number of amides is 1. The summed E-state index contributed by atoms with van der Waals surface area (Å²) in [4.78, 5) is 15.7. The third-order valence-electron chi connectivity index (χ3n) is 2.85. The van der Waals surface area contributed by atoms with Crippen molar-refractivity contribution < 1.29 is 4.79 Å². The minimum absolute atomic E-state index is 0.0137. The van der Waals surface area contributed by atoms with Crippen molar-refractivity contribution in [2.75, 3.05) is 5.32 Å². The van der Waals surface area contributed by atoms with Gasteiger partial charge in [-0.2, -0.15) is 5.10 Å². The van der Waals surface area contributed by atoms with Crippen molar-refractivity contribution in [3.8, 4) is 0 Å². The van der Waals surface area contributed by atoms with Gasteiger partial charge in [-0.15, -0.1) is 0 Å². The molecule has 0 radical (unpaired) electrons. The quantitative estimate of drug-likeness (QED) is 0.832. The third-order valence-corrected chi connectivity index (χ3v) is 2.85. The van der Waals surface area contributed by atoms with Crippen LogP contribution in [0.3, 0.4) is 0 Å². The Morgan fingerprint density at radius 3 is 3.05 bits per heavy atom. The number of nitrogens with zero attached hydrogens (tertiary/aromatic N) is 3. The summed E-state index contributed by atoms with van der Waals surface area (Å²) in [7, 11) is 0. The van der Waals surface area contributed by atoms with Crippen LogP contribution in [0.15, 0.2) is 36.9 Å². The Labute approximate surface area is 118 Å². The number of rotatable bonds is 6. The smallest absolute Gasteiger partial charge is 0.224 e. The highest BCUT2D eigenvalue weighted by Gasteiger charge is 2.05. The van der Waals surface area contributed by atoms with E-state index in [0.29, 0.717) is 19.4 Å². The fraction of sp³-hybridized carbons (Fsp3) is 0.357. The van der Waals surface area contributed by atoms with E-state index >= 15 is 0 Å². The summed E-state index contributed by atoms with van der Waals surface area (Å²) in [5, 5.41) is 6.93. The minimum Gasteiger partial charge on any atom is -0.328 e. The Balaban J connectivity index is 1.94. The SMILES string of the molecule is CC(N)CCC(=O)Nc1cccc(Cn2cncn2)c1. The van der Waals surface area contributed by atoms with E-state index in [4.69, 9.17) is 5.73 Å². The molecule has 106 valence electrons. The molecule has 1 aromatic heterocycles. The van der Waals surface area contributed by atoms with Gasteiger partial charge >= 0.3 is 0 Å². The van der Waals surface area contributed by atoms with Crippen molar-refractivity contribution in [2.45, 2.75) is 32.4 Å². The Morgan fingerprint density at radius 1 is 1.50 bits per heavy atom. The van der Waals surface area contributed by atoms with Gasteiger partial charge in [0.15, 0.2) is 0 Å². The zero-order valence-corrected chi connectivity index (χ0v) is 11.5. The third kappa shape index (κ3) is 4.47. The van der Waals surface area contributed by atoms with Crippen LogP contribution in [-0.2, 0) is 11.3 Å². The predicted octanol–water partition coefficient (Wildman–Crippen LogP) is 1.39. The molecule has 1 amide bonds. The van der Waals surface area contributed by atoms with Crippen molar-refractivity contribution >= 4 is 11.6 Å². The molecule has 1 atom stereocenters. The molecule has 0 bridgehead atoms.